The van der Waals surface area contributed by atoms with Gasteiger partial charge in [-0.05, 0) is 91.3 Å². The molecule has 3 fully saturated rings. The number of thioether (sulfide) groups is 1. The molecule has 2 saturated carbocycles. The van der Waals surface area contributed by atoms with Gasteiger partial charge in [-0.1, -0.05) is 45.8 Å². The van der Waals surface area contributed by atoms with Gasteiger partial charge in [0.2, 0.25) is 0 Å². The molecule has 0 radical (unpaired) electrons. The first-order valence-electron chi connectivity index (χ1n) is 13.4. The Morgan fingerprint density at radius 1 is 1.00 bits per heavy atom. The highest BCUT2D eigenvalue weighted by Gasteiger charge is 2.59. The number of rotatable bonds is 3. The highest BCUT2D eigenvalue weighted by atomic mass is 32.2. The second-order valence-electron chi connectivity index (χ2n) is 13.0. The van der Waals surface area contributed by atoms with Gasteiger partial charge in [-0.25, -0.2) is 0 Å². The molecule has 2 nitrogen and oxygen atoms in total. The summed E-state index contributed by atoms with van der Waals surface area (Å²) in [7, 11) is 0. The first kappa shape index (κ1) is 22.8. The molecule has 3 heteroatoms. The fourth-order valence-corrected chi connectivity index (χ4v) is 10.6. The lowest BCUT2D eigenvalue weighted by Gasteiger charge is -2.60. The fraction of sp³-hybridized carbons (Fsp3) is 0.929. The van der Waals surface area contributed by atoms with Gasteiger partial charge in [0.05, 0.1) is 6.10 Å². The normalized spacial score (nSPS) is 46.3. The standard InChI is InChI=1S/C28H47NOS/c1-19(18-29-14-16-31-17-15-29)21-7-8-22-20-6-9-24-26(2,3)25(30)11-13-28(24,5)23(20)10-12-27(21,22)4/h19,21-22,24-25,30H,6-18H2,1-5H3/t19-,21-,22?,24+,25+,27-,28-/m1/s1. The monoisotopic (exact) mass is 445 g/mol. The molecule has 1 N–H and O–H groups in total. The van der Waals surface area contributed by atoms with Crippen molar-refractivity contribution in [3.05, 3.63) is 11.1 Å². The highest BCUT2D eigenvalue weighted by molar-refractivity contribution is 7.99. The van der Waals surface area contributed by atoms with Crippen LogP contribution >= 0.6 is 11.8 Å². The number of nitrogens with zero attached hydrogens (tertiary/aromatic N) is 1. The Morgan fingerprint density at radius 2 is 1.74 bits per heavy atom. The van der Waals surface area contributed by atoms with Gasteiger partial charge in [-0.2, -0.15) is 11.8 Å². The van der Waals surface area contributed by atoms with Crippen molar-refractivity contribution < 1.29 is 5.11 Å². The summed E-state index contributed by atoms with van der Waals surface area (Å²) in [4.78, 5) is 2.76. The predicted octanol–water partition coefficient (Wildman–Crippen LogP) is 6.39. The zero-order valence-electron chi connectivity index (χ0n) is 20.9. The maximum absolute atomic E-state index is 10.8. The van der Waals surface area contributed by atoms with Crippen LogP contribution in [0, 0.1) is 39.9 Å². The second kappa shape index (κ2) is 8.05. The number of fused-ring (bicyclic) bond motifs is 4. The molecule has 1 aliphatic heterocycles. The molecule has 0 amide bonds. The van der Waals surface area contributed by atoms with Crippen molar-refractivity contribution in [1.29, 1.82) is 0 Å². The average molecular weight is 446 g/mol. The molecule has 5 aliphatic rings. The Morgan fingerprint density at radius 3 is 2.48 bits per heavy atom. The molecular weight excluding hydrogens is 398 g/mol. The minimum atomic E-state index is -0.119. The number of hydrogen-bond donors (Lipinski definition) is 1. The lowest BCUT2D eigenvalue weighted by molar-refractivity contribution is -0.0931. The molecule has 1 unspecified atom stereocenters. The Kier molecular flexibility index (Phi) is 5.92. The van der Waals surface area contributed by atoms with E-state index in [4.69, 9.17) is 0 Å². The molecule has 31 heavy (non-hydrogen) atoms. The van der Waals surface area contributed by atoms with Crippen LogP contribution in [-0.4, -0.2) is 47.3 Å². The fourth-order valence-electron chi connectivity index (χ4n) is 9.58. The van der Waals surface area contributed by atoms with Gasteiger partial charge in [-0.3, -0.25) is 0 Å². The van der Waals surface area contributed by atoms with Crippen molar-refractivity contribution >= 4 is 11.8 Å². The van der Waals surface area contributed by atoms with Crippen molar-refractivity contribution in [3.8, 4) is 0 Å². The summed E-state index contributed by atoms with van der Waals surface area (Å²) >= 11 is 2.13. The van der Waals surface area contributed by atoms with E-state index in [1.54, 1.807) is 0 Å². The van der Waals surface area contributed by atoms with Gasteiger partial charge in [0, 0.05) is 31.1 Å². The molecule has 7 atom stereocenters. The van der Waals surface area contributed by atoms with Crippen molar-refractivity contribution in [1.82, 2.24) is 4.90 Å². The summed E-state index contributed by atoms with van der Waals surface area (Å²) in [6.45, 7) is 16.5. The van der Waals surface area contributed by atoms with Crippen LogP contribution in [0.1, 0.15) is 86.0 Å². The van der Waals surface area contributed by atoms with Crippen LogP contribution in [0.4, 0.5) is 0 Å². The van der Waals surface area contributed by atoms with Crippen LogP contribution in [0.5, 0.6) is 0 Å². The molecule has 0 aromatic rings. The summed E-state index contributed by atoms with van der Waals surface area (Å²) in [5.41, 5.74) is 4.70. The first-order chi connectivity index (χ1) is 14.7. The maximum atomic E-state index is 10.8. The number of allylic oxidation sites excluding steroid dienone is 2. The quantitative estimate of drug-likeness (QED) is 0.509. The average Bonchev–Trinajstić information content (AvgIpc) is 3.09. The van der Waals surface area contributed by atoms with Crippen molar-refractivity contribution in [2.75, 3.05) is 31.1 Å². The van der Waals surface area contributed by atoms with E-state index in [9.17, 15) is 5.11 Å². The third-order valence-electron chi connectivity index (χ3n) is 11.3. The van der Waals surface area contributed by atoms with Crippen LogP contribution in [0.2, 0.25) is 0 Å². The van der Waals surface area contributed by atoms with E-state index in [-0.39, 0.29) is 11.5 Å². The summed E-state index contributed by atoms with van der Waals surface area (Å²) < 4.78 is 0. The van der Waals surface area contributed by atoms with Crippen LogP contribution in [0.15, 0.2) is 11.1 Å². The molecule has 0 bridgehead atoms. The highest BCUT2D eigenvalue weighted by Crippen LogP contribution is 2.67. The smallest absolute Gasteiger partial charge is 0.0594 e. The first-order valence-corrected chi connectivity index (χ1v) is 14.5. The van der Waals surface area contributed by atoms with Gasteiger partial charge in [0.25, 0.3) is 0 Å². The Bertz CT molecular complexity index is 725. The summed E-state index contributed by atoms with van der Waals surface area (Å²) in [6.07, 6.45) is 10.3. The lowest BCUT2D eigenvalue weighted by Crippen LogP contribution is -2.53. The molecule has 0 spiro atoms. The van der Waals surface area contributed by atoms with Gasteiger partial charge >= 0.3 is 0 Å². The number of hydrogen-bond acceptors (Lipinski definition) is 3. The molecule has 0 aromatic carbocycles. The zero-order chi connectivity index (χ0) is 22.0. The van der Waals surface area contributed by atoms with E-state index in [0.29, 0.717) is 16.7 Å². The summed E-state index contributed by atoms with van der Waals surface area (Å²) in [6, 6.07) is 0. The lowest BCUT2D eigenvalue weighted by atomic mass is 9.46. The Balaban J connectivity index is 1.39. The molecule has 5 rings (SSSR count). The van der Waals surface area contributed by atoms with E-state index < -0.39 is 0 Å². The van der Waals surface area contributed by atoms with Crippen LogP contribution < -0.4 is 0 Å². The van der Waals surface area contributed by atoms with E-state index >= 15 is 0 Å². The van der Waals surface area contributed by atoms with E-state index in [1.807, 2.05) is 11.1 Å². The third kappa shape index (κ3) is 3.50. The maximum Gasteiger partial charge on any atom is 0.0594 e. The van der Waals surface area contributed by atoms with E-state index in [0.717, 1.165) is 24.2 Å². The van der Waals surface area contributed by atoms with Crippen molar-refractivity contribution in [3.63, 3.8) is 0 Å². The molecule has 1 saturated heterocycles. The molecule has 0 aromatic heterocycles. The number of aliphatic hydroxyl groups is 1. The number of aliphatic hydroxyl groups excluding tert-OH is 1. The van der Waals surface area contributed by atoms with Gasteiger partial charge in [0.15, 0.2) is 0 Å². The van der Waals surface area contributed by atoms with Gasteiger partial charge < -0.3 is 10.0 Å². The Hall–Kier alpha value is 0.01000. The third-order valence-corrected chi connectivity index (χ3v) is 12.3. The minimum Gasteiger partial charge on any atom is -0.393 e. The van der Waals surface area contributed by atoms with Gasteiger partial charge in [-0.15, -0.1) is 0 Å². The second-order valence-corrected chi connectivity index (χ2v) is 14.2. The van der Waals surface area contributed by atoms with Crippen molar-refractivity contribution in [2.24, 2.45) is 39.9 Å². The molecule has 1 heterocycles. The molecule has 176 valence electrons. The van der Waals surface area contributed by atoms with Crippen LogP contribution in [-0.2, 0) is 0 Å². The molecular formula is C28H47NOS. The largest absolute Gasteiger partial charge is 0.393 e. The van der Waals surface area contributed by atoms with E-state index in [2.05, 4.69) is 51.3 Å². The SMILES string of the molecule is C[C@H](CN1CCSCC1)[C@H]1CCC2C3=C(CC[C@@]21C)[C@@]1(C)CC[C@H](O)C(C)(C)[C@@H]1CC3. The predicted molar refractivity (Wildman–Crippen MR) is 133 cm³/mol. The van der Waals surface area contributed by atoms with Crippen LogP contribution in [0.3, 0.4) is 0 Å². The van der Waals surface area contributed by atoms with Gasteiger partial charge in [0.1, 0.15) is 0 Å². The van der Waals surface area contributed by atoms with E-state index in [1.165, 1.54) is 76.1 Å². The zero-order valence-corrected chi connectivity index (χ0v) is 21.7. The van der Waals surface area contributed by atoms with Crippen LogP contribution in [0.25, 0.3) is 0 Å². The summed E-state index contributed by atoms with van der Waals surface area (Å²) in [5.74, 6) is 5.89. The molecule has 4 aliphatic carbocycles. The Labute approximate surface area is 196 Å². The van der Waals surface area contributed by atoms with Crippen molar-refractivity contribution in [2.45, 2.75) is 92.1 Å². The topological polar surface area (TPSA) is 23.5 Å². The summed E-state index contributed by atoms with van der Waals surface area (Å²) in [5, 5.41) is 10.8. The minimum absolute atomic E-state index is 0.0612.